The fourth-order valence-electron chi connectivity index (χ4n) is 2.81. The van der Waals surface area contributed by atoms with Gasteiger partial charge in [0.15, 0.2) is 5.96 Å². The molecule has 3 rings (SSSR count). The number of oxazole rings is 1. The van der Waals surface area contributed by atoms with E-state index in [2.05, 4.69) is 65.6 Å². The average Bonchev–Trinajstić information content (AvgIpc) is 3.22. The van der Waals surface area contributed by atoms with Crippen molar-refractivity contribution in [1.82, 2.24) is 15.6 Å². The highest BCUT2D eigenvalue weighted by Crippen LogP contribution is 2.17. The Kier molecular flexibility index (Phi) is 7.25. The molecule has 2 N–H and O–H groups in total. The number of guanidine groups is 1. The van der Waals surface area contributed by atoms with Gasteiger partial charge in [-0.15, -0.1) is 0 Å². The van der Waals surface area contributed by atoms with Crippen molar-refractivity contribution in [3.8, 4) is 11.5 Å². The highest BCUT2D eigenvalue weighted by atomic mass is 16.5. The van der Waals surface area contributed by atoms with Gasteiger partial charge in [0.25, 0.3) is 0 Å². The van der Waals surface area contributed by atoms with E-state index in [0.29, 0.717) is 31.5 Å². The summed E-state index contributed by atoms with van der Waals surface area (Å²) in [5, 5.41) is 6.61. The molecule has 6 nitrogen and oxygen atoms in total. The molecule has 3 aromatic rings. The third kappa shape index (κ3) is 6.74. The SMILES string of the molecule is CN=C(NCc1cccc(COC(C)(C)C)c1)NCc1coc(-c2ccccc2)n1. The summed E-state index contributed by atoms with van der Waals surface area (Å²) in [5.41, 5.74) is 3.95. The molecule has 6 heteroatoms. The van der Waals surface area contributed by atoms with E-state index < -0.39 is 0 Å². The molecule has 2 aromatic carbocycles. The van der Waals surface area contributed by atoms with Gasteiger partial charge in [0.05, 0.1) is 24.4 Å². The summed E-state index contributed by atoms with van der Waals surface area (Å²) < 4.78 is 11.4. The molecular formula is C24H30N4O2. The van der Waals surface area contributed by atoms with Crippen molar-refractivity contribution in [2.45, 2.75) is 46.1 Å². The first kappa shape index (κ1) is 21.6. The lowest BCUT2D eigenvalue weighted by Crippen LogP contribution is -2.36. The van der Waals surface area contributed by atoms with Gasteiger partial charge < -0.3 is 19.8 Å². The molecule has 0 atom stereocenters. The van der Waals surface area contributed by atoms with Gasteiger partial charge in [0, 0.05) is 19.2 Å². The maximum atomic E-state index is 5.87. The zero-order chi connectivity index (χ0) is 21.4. The van der Waals surface area contributed by atoms with E-state index in [9.17, 15) is 0 Å². The fraction of sp³-hybridized carbons (Fsp3) is 0.333. The van der Waals surface area contributed by atoms with Crippen LogP contribution < -0.4 is 10.6 Å². The highest BCUT2D eigenvalue weighted by molar-refractivity contribution is 5.79. The number of rotatable bonds is 7. The average molecular weight is 407 g/mol. The monoisotopic (exact) mass is 406 g/mol. The first-order valence-corrected chi connectivity index (χ1v) is 10.1. The molecule has 0 spiro atoms. The predicted octanol–water partition coefficient (Wildman–Crippen LogP) is 4.52. The number of hydrogen-bond donors (Lipinski definition) is 2. The third-order valence-electron chi connectivity index (χ3n) is 4.36. The second kappa shape index (κ2) is 10.1. The Morgan fingerprint density at radius 1 is 1.00 bits per heavy atom. The van der Waals surface area contributed by atoms with Crippen LogP contribution in [0, 0.1) is 0 Å². The van der Waals surface area contributed by atoms with Crippen LogP contribution in [-0.4, -0.2) is 23.6 Å². The molecule has 30 heavy (non-hydrogen) atoms. The number of benzene rings is 2. The van der Waals surface area contributed by atoms with Gasteiger partial charge in [-0.05, 0) is 44.0 Å². The summed E-state index contributed by atoms with van der Waals surface area (Å²) in [7, 11) is 1.75. The van der Waals surface area contributed by atoms with Gasteiger partial charge in [-0.2, -0.15) is 0 Å². The zero-order valence-corrected chi connectivity index (χ0v) is 18.1. The molecule has 0 aliphatic rings. The fourth-order valence-corrected chi connectivity index (χ4v) is 2.81. The number of aliphatic imine (C=N–C) groups is 1. The molecular weight excluding hydrogens is 376 g/mol. The molecule has 0 radical (unpaired) electrons. The molecule has 0 saturated carbocycles. The molecule has 0 aliphatic carbocycles. The Balaban J connectivity index is 1.50. The van der Waals surface area contributed by atoms with E-state index in [1.807, 2.05) is 30.3 Å². The molecule has 0 unspecified atom stereocenters. The van der Waals surface area contributed by atoms with Crippen LogP contribution in [0.25, 0.3) is 11.5 Å². The molecule has 0 amide bonds. The van der Waals surface area contributed by atoms with Crippen LogP contribution in [-0.2, 0) is 24.4 Å². The Morgan fingerprint density at radius 3 is 2.47 bits per heavy atom. The van der Waals surface area contributed by atoms with Crippen LogP contribution >= 0.6 is 0 Å². The minimum absolute atomic E-state index is 0.151. The van der Waals surface area contributed by atoms with Crippen molar-refractivity contribution in [3.63, 3.8) is 0 Å². The lowest BCUT2D eigenvalue weighted by molar-refractivity contribution is -0.0149. The van der Waals surface area contributed by atoms with Gasteiger partial charge in [-0.3, -0.25) is 4.99 Å². The lowest BCUT2D eigenvalue weighted by Gasteiger charge is -2.19. The molecule has 158 valence electrons. The zero-order valence-electron chi connectivity index (χ0n) is 18.1. The van der Waals surface area contributed by atoms with E-state index >= 15 is 0 Å². The van der Waals surface area contributed by atoms with E-state index in [0.717, 1.165) is 16.8 Å². The minimum atomic E-state index is -0.151. The van der Waals surface area contributed by atoms with Crippen LogP contribution in [0.5, 0.6) is 0 Å². The highest BCUT2D eigenvalue weighted by Gasteiger charge is 2.10. The van der Waals surface area contributed by atoms with Crippen molar-refractivity contribution in [1.29, 1.82) is 0 Å². The standard InChI is InChI=1S/C24H30N4O2/c1-24(2,3)30-16-19-10-8-9-18(13-19)14-26-23(25-4)27-15-21-17-29-22(28-21)20-11-6-5-7-12-20/h5-13,17H,14-16H2,1-4H3,(H2,25,26,27). The predicted molar refractivity (Wildman–Crippen MR) is 120 cm³/mol. The van der Waals surface area contributed by atoms with Gasteiger partial charge in [0.2, 0.25) is 5.89 Å². The van der Waals surface area contributed by atoms with Gasteiger partial charge in [0.1, 0.15) is 6.26 Å². The Morgan fingerprint density at radius 2 is 1.73 bits per heavy atom. The van der Waals surface area contributed by atoms with Crippen LogP contribution in [0.15, 0.2) is 70.3 Å². The van der Waals surface area contributed by atoms with Crippen molar-refractivity contribution in [2.24, 2.45) is 4.99 Å². The molecule has 0 aliphatic heterocycles. The quantitative estimate of drug-likeness (QED) is 0.446. The number of hydrogen-bond acceptors (Lipinski definition) is 4. The van der Waals surface area contributed by atoms with Gasteiger partial charge >= 0.3 is 0 Å². The van der Waals surface area contributed by atoms with Crippen LogP contribution in [0.1, 0.15) is 37.6 Å². The van der Waals surface area contributed by atoms with Gasteiger partial charge in [-0.1, -0.05) is 42.5 Å². The summed E-state index contributed by atoms with van der Waals surface area (Å²) in [5.74, 6) is 1.32. The third-order valence-corrected chi connectivity index (χ3v) is 4.36. The molecule has 0 fully saturated rings. The van der Waals surface area contributed by atoms with Crippen LogP contribution in [0.2, 0.25) is 0 Å². The largest absolute Gasteiger partial charge is 0.444 e. The second-order valence-corrected chi connectivity index (χ2v) is 8.01. The first-order chi connectivity index (χ1) is 14.4. The first-order valence-electron chi connectivity index (χ1n) is 10.1. The number of ether oxygens (including phenoxy) is 1. The number of nitrogens with one attached hydrogen (secondary N) is 2. The molecule has 0 saturated heterocycles. The smallest absolute Gasteiger partial charge is 0.226 e. The normalized spacial score (nSPS) is 12.1. The van der Waals surface area contributed by atoms with E-state index in [-0.39, 0.29) is 5.60 Å². The van der Waals surface area contributed by atoms with Crippen molar-refractivity contribution in [2.75, 3.05) is 7.05 Å². The van der Waals surface area contributed by atoms with E-state index in [4.69, 9.17) is 9.15 Å². The topological polar surface area (TPSA) is 71.7 Å². The summed E-state index contributed by atoms with van der Waals surface area (Å²) in [6, 6.07) is 18.2. The Bertz CT molecular complexity index is 959. The van der Waals surface area contributed by atoms with Crippen LogP contribution in [0.3, 0.4) is 0 Å². The maximum Gasteiger partial charge on any atom is 0.226 e. The Hall–Kier alpha value is -3.12. The summed E-state index contributed by atoms with van der Waals surface area (Å²) in [4.78, 5) is 8.82. The van der Waals surface area contributed by atoms with E-state index in [1.165, 1.54) is 5.56 Å². The molecule has 1 aromatic heterocycles. The number of aromatic nitrogens is 1. The van der Waals surface area contributed by atoms with E-state index in [1.54, 1.807) is 13.3 Å². The lowest BCUT2D eigenvalue weighted by atomic mass is 10.1. The maximum absolute atomic E-state index is 5.87. The van der Waals surface area contributed by atoms with Crippen molar-refractivity contribution < 1.29 is 9.15 Å². The summed E-state index contributed by atoms with van der Waals surface area (Å²) in [6.45, 7) is 7.97. The minimum Gasteiger partial charge on any atom is -0.444 e. The molecule has 1 heterocycles. The van der Waals surface area contributed by atoms with Gasteiger partial charge in [-0.25, -0.2) is 4.98 Å². The van der Waals surface area contributed by atoms with Crippen LogP contribution in [0.4, 0.5) is 0 Å². The van der Waals surface area contributed by atoms with Crippen molar-refractivity contribution in [3.05, 3.63) is 77.7 Å². The number of nitrogens with zero attached hydrogens (tertiary/aromatic N) is 2. The molecule has 0 bridgehead atoms. The summed E-state index contributed by atoms with van der Waals surface area (Å²) in [6.07, 6.45) is 1.67. The summed E-state index contributed by atoms with van der Waals surface area (Å²) >= 11 is 0. The van der Waals surface area contributed by atoms with Crippen molar-refractivity contribution >= 4 is 5.96 Å². The second-order valence-electron chi connectivity index (χ2n) is 8.01. The Labute approximate surface area is 178 Å².